The van der Waals surface area contributed by atoms with Crippen LogP contribution >= 0.6 is 0 Å². The molecular formula is C21H20N4O2. The molecule has 0 radical (unpaired) electrons. The third kappa shape index (κ3) is 3.98. The van der Waals surface area contributed by atoms with E-state index in [-0.39, 0.29) is 5.91 Å². The maximum atomic E-state index is 12.3. The average molecular weight is 360 g/mol. The Morgan fingerprint density at radius 2 is 2.00 bits per heavy atom. The lowest BCUT2D eigenvalue weighted by molar-refractivity contribution is 0.0952. The van der Waals surface area contributed by atoms with Gasteiger partial charge in [0.25, 0.3) is 5.91 Å². The van der Waals surface area contributed by atoms with Crippen molar-refractivity contribution in [3.05, 3.63) is 65.2 Å². The molecule has 6 heteroatoms. The van der Waals surface area contributed by atoms with Crippen molar-refractivity contribution in [2.24, 2.45) is 0 Å². The van der Waals surface area contributed by atoms with E-state index >= 15 is 0 Å². The number of anilines is 1. The maximum Gasteiger partial charge on any atom is 0.255 e. The first-order valence-corrected chi connectivity index (χ1v) is 8.59. The van der Waals surface area contributed by atoms with Gasteiger partial charge in [-0.3, -0.25) is 4.79 Å². The number of amides is 1. The van der Waals surface area contributed by atoms with E-state index in [2.05, 4.69) is 21.7 Å². The van der Waals surface area contributed by atoms with Gasteiger partial charge in [0, 0.05) is 18.5 Å². The van der Waals surface area contributed by atoms with Crippen LogP contribution in [-0.4, -0.2) is 31.1 Å². The number of nitrogens with one attached hydrogen (secondary N) is 2. The molecule has 1 heterocycles. The lowest BCUT2D eigenvalue weighted by atomic mass is 10.1. The summed E-state index contributed by atoms with van der Waals surface area (Å²) in [5.41, 5.74) is 2.86. The van der Waals surface area contributed by atoms with Gasteiger partial charge in [0.1, 0.15) is 17.6 Å². The Morgan fingerprint density at radius 3 is 2.78 bits per heavy atom. The molecule has 136 valence electrons. The number of para-hydroxylation sites is 2. The van der Waals surface area contributed by atoms with Crippen LogP contribution in [0.15, 0.2) is 48.5 Å². The first-order valence-electron chi connectivity index (χ1n) is 8.59. The Balaban J connectivity index is 1.66. The van der Waals surface area contributed by atoms with E-state index in [9.17, 15) is 10.1 Å². The Morgan fingerprint density at radius 1 is 1.19 bits per heavy atom. The summed E-state index contributed by atoms with van der Waals surface area (Å²) in [7, 11) is 1.53. The van der Waals surface area contributed by atoms with Crippen molar-refractivity contribution in [1.29, 1.82) is 5.26 Å². The monoisotopic (exact) mass is 360 g/mol. The zero-order valence-electron chi connectivity index (χ0n) is 15.2. The van der Waals surface area contributed by atoms with Crippen molar-refractivity contribution in [3.8, 4) is 11.8 Å². The molecule has 0 bridgehead atoms. The number of aryl methyl sites for hydroxylation is 1. The Kier molecular flexibility index (Phi) is 5.53. The molecule has 3 rings (SSSR count). The van der Waals surface area contributed by atoms with Crippen molar-refractivity contribution in [2.45, 2.75) is 6.92 Å². The van der Waals surface area contributed by atoms with Crippen LogP contribution in [0.3, 0.4) is 0 Å². The first-order chi connectivity index (χ1) is 13.1. The minimum Gasteiger partial charge on any atom is -0.496 e. The summed E-state index contributed by atoms with van der Waals surface area (Å²) < 4.78 is 5.20. The van der Waals surface area contributed by atoms with Gasteiger partial charge in [-0.05, 0) is 30.7 Å². The fourth-order valence-electron chi connectivity index (χ4n) is 2.85. The number of rotatable bonds is 6. The number of nitrogens with zero attached hydrogens (tertiary/aromatic N) is 2. The van der Waals surface area contributed by atoms with Gasteiger partial charge >= 0.3 is 0 Å². The van der Waals surface area contributed by atoms with E-state index in [4.69, 9.17) is 4.74 Å². The maximum absolute atomic E-state index is 12.3. The lowest BCUT2D eigenvalue weighted by Gasteiger charge is -2.12. The molecule has 27 heavy (non-hydrogen) atoms. The molecule has 0 saturated heterocycles. The molecule has 6 nitrogen and oxygen atoms in total. The molecule has 0 aliphatic rings. The predicted molar refractivity (Wildman–Crippen MR) is 105 cm³/mol. The fourth-order valence-corrected chi connectivity index (χ4v) is 2.85. The van der Waals surface area contributed by atoms with Crippen molar-refractivity contribution in [2.75, 3.05) is 25.5 Å². The van der Waals surface area contributed by atoms with Crippen LogP contribution in [0, 0.1) is 18.3 Å². The minimum absolute atomic E-state index is 0.211. The highest BCUT2D eigenvalue weighted by molar-refractivity contribution is 5.96. The van der Waals surface area contributed by atoms with Gasteiger partial charge < -0.3 is 15.4 Å². The van der Waals surface area contributed by atoms with Gasteiger partial charge in [0.05, 0.1) is 23.8 Å². The number of fused-ring (bicyclic) bond motifs is 1. The van der Waals surface area contributed by atoms with Crippen LogP contribution in [-0.2, 0) is 0 Å². The van der Waals surface area contributed by atoms with E-state index in [0.717, 1.165) is 16.5 Å². The second-order valence-corrected chi connectivity index (χ2v) is 6.03. The zero-order valence-corrected chi connectivity index (χ0v) is 15.2. The van der Waals surface area contributed by atoms with Gasteiger partial charge in [0.15, 0.2) is 0 Å². The third-order valence-corrected chi connectivity index (χ3v) is 4.22. The van der Waals surface area contributed by atoms with Crippen molar-refractivity contribution < 1.29 is 9.53 Å². The summed E-state index contributed by atoms with van der Waals surface area (Å²) in [5.74, 6) is 0.837. The molecule has 0 spiro atoms. The minimum atomic E-state index is -0.211. The fraction of sp³-hybridized carbons (Fsp3) is 0.190. The van der Waals surface area contributed by atoms with Gasteiger partial charge in [-0.15, -0.1) is 0 Å². The number of carbonyl (C=O) groups excluding carboxylic acids is 1. The molecule has 2 N–H and O–H groups in total. The van der Waals surface area contributed by atoms with Crippen LogP contribution in [0.1, 0.15) is 21.5 Å². The number of hydrogen-bond acceptors (Lipinski definition) is 5. The van der Waals surface area contributed by atoms with Gasteiger partial charge in [-0.2, -0.15) is 5.26 Å². The lowest BCUT2D eigenvalue weighted by Crippen LogP contribution is -2.29. The number of ether oxygens (including phenoxy) is 1. The van der Waals surface area contributed by atoms with Gasteiger partial charge in [0.2, 0.25) is 0 Å². The highest BCUT2D eigenvalue weighted by atomic mass is 16.5. The number of nitriles is 1. The van der Waals surface area contributed by atoms with E-state index in [1.54, 1.807) is 18.2 Å². The Hall–Kier alpha value is -3.59. The smallest absolute Gasteiger partial charge is 0.255 e. The number of aromatic nitrogens is 1. The average Bonchev–Trinajstić information content (AvgIpc) is 2.70. The Labute approximate surface area is 157 Å². The molecule has 0 unspecified atom stereocenters. The SMILES string of the molecule is COc1ccccc1C(=O)NCCNc1nc2c(C)cccc2cc1C#N. The van der Waals surface area contributed by atoms with Gasteiger partial charge in [-0.25, -0.2) is 4.98 Å². The molecule has 0 aliphatic carbocycles. The van der Waals surface area contributed by atoms with Crippen LogP contribution in [0.4, 0.5) is 5.82 Å². The van der Waals surface area contributed by atoms with Crippen LogP contribution in [0.5, 0.6) is 5.75 Å². The van der Waals surface area contributed by atoms with E-state index < -0.39 is 0 Å². The molecule has 0 saturated carbocycles. The summed E-state index contributed by atoms with van der Waals surface area (Å²) in [4.78, 5) is 16.9. The Bertz CT molecular complexity index is 1020. The zero-order chi connectivity index (χ0) is 19.2. The second kappa shape index (κ2) is 8.19. The number of hydrogen-bond donors (Lipinski definition) is 2. The summed E-state index contributed by atoms with van der Waals surface area (Å²) >= 11 is 0. The summed E-state index contributed by atoms with van der Waals surface area (Å²) in [5, 5.41) is 16.3. The number of pyridine rings is 1. The van der Waals surface area contributed by atoms with Crippen LogP contribution < -0.4 is 15.4 Å². The first kappa shape index (κ1) is 18.2. The number of methoxy groups -OCH3 is 1. The highest BCUT2D eigenvalue weighted by Crippen LogP contribution is 2.22. The summed E-state index contributed by atoms with van der Waals surface area (Å²) in [6.45, 7) is 2.81. The molecular weight excluding hydrogens is 340 g/mol. The summed E-state index contributed by atoms with van der Waals surface area (Å²) in [6, 6.07) is 16.9. The molecule has 3 aromatic rings. The normalized spacial score (nSPS) is 10.3. The second-order valence-electron chi connectivity index (χ2n) is 6.03. The third-order valence-electron chi connectivity index (χ3n) is 4.22. The molecule has 0 atom stereocenters. The van der Waals surface area contributed by atoms with E-state index in [1.165, 1.54) is 7.11 Å². The molecule has 1 aromatic heterocycles. The molecule has 1 amide bonds. The van der Waals surface area contributed by atoms with Crippen molar-refractivity contribution >= 4 is 22.6 Å². The van der Waals surface area contributed by atoms with Crippen LogP contribution in [0.25, 0.3) is 10.9 Å². The van der Waals surface area contributed by atoms with Gasteiger partial charge in [-0.1, -0.05) is 30.3 Å². The molecule has 0 fully saturated rings. The topological polar surface area (TPSA) is 87.0 Å². The number of carbonyl (C=O) groups is 1. The summed E-state index contributed by atoms with van der Waals surface area (Å²) in [6.07, 6.45) is 0. The predicted octanol–water partition coefficient (Wildman–Crippen LogP) is 3.27. The quantitative estimate of drug-likeness (QED) is 0.659. The largest absolute Gasteiger partial charge is 0.496 e. The van der Waals surface area contributed by atoms with E-state index in [0.29, 0.717) is 35.8 Å². The standard InChI is InChI=1S/C21H20N4O2/c1-14-6-5-7-15-12-16(13-22)20(25-19(14)15)23-10-11-24-21(26)17-8-3-4-9-18(17)27-2/h3-9,12H,10-11H2,1-2H3,(H,23,25)(H,24,26). The van der Waals surface area contributed by atoms with Crippen LogP contribution in [0.2, 0.25) is 0 Å². The number of benzene rings is 2. The molecule has 2 aromatic carbocycles. The van der Waals surface area contributed by atoms with Crippen molar-refractivity contribution in [1.82, 2.24) is 10.3 Å². The van der Waals surface area contributed by atoms with Crippen molar-refractivity contribution in [3.63, 3.8) is 0 Å². The highest BCUT2D eigenvalue weighted by Gasteiger charge is 2.11. The molecule has 0 aliphatic heterocycles. The van der Waals surface area contributed by atoms with E-state index in [1.807, 2.05) is 37.3 Å².